The third kappa shape index (κ3) is 5.11. The lowest BCUT2D eigenvalue weighted by Gasteiger charge is -2.28. The van der Waals surface area contributed by atoms with Crippen LogP contribution in [0.3, 0.4) is 0 Å². The van der Waals surface area contributed by atoms with Gasteiger partial charge in [-0.1, -0.05) is 23.7 Å². The number of nitro benzene ring substituents is 1. The second-order valence-corrected chi connectivity index (χ2v) is 8.54. The Bertz CT molecular complexity index is 1400. The van der Waals surface area contributed by atoms with Crippen molar-refractivity contribution in [3.63, 3.8) is 0 Å². The van der Waals surface area contributed by atoms with Crippen LogP contribution in [-0.2, 0) is 11.2 Å². The topological polar surface area (TPSA) is 111 Å². The van der Waals surface area contributed by atoms with Gasteiger partial charge in [0.05, 0.1) is 18.1 Å². The van der Waals surface area contributed by atoms with E-state index in [-0.39, 0.29) is 11.3 Å². The Morgan fingerprint density at radius 3 is 2.60 bits per heavy atom. The molecular formula is C25H21ClN4O5. The maximum absolute atomic E-state index is 12.8. The minimum atomic E-state index is -0.462. The van der Waals surface area contributed by atoms with E-state index in [1.54, 1.807) is 42.5 Å². The molecule has 10 heteroatoms. The van der Waals surface area contributed by atoms with Gasteiger partial charge in [0.25, 0.3) is 11.6 Å². The number of hydrogen-bond donors (Lipinski definition) is 1. The van der Waals surface area contributed by atoms with E-state index < -0.39 is 10.8 Å². The van der Waals surface area contributed by atoms with E-state index >= 15 is 0 Å². The van der Waals surface area contributed by atoms with Crippen molar-refractivity contribution in [2.45, 2.75) is 6.42 Å². The maximum atomic E-state index is 12.8. The summed E-state index contributed by atoms with van der Waals surface area (Å²) in [5, 5.41) is 15.0. The molecule has 1 saturated heterocycles. The summed E-state index contributed by atoms with van der Waals surface area (Å²) in [4.78, 5) is 30.3. The number of rotatable bonds is 6. The van der Waals surface area contributed by atoms with Gasteiger partial charge >= 0.3 is 0 Å². The number of carbonyl (C=O) groups is 1. The van der Waals surface area contributed by atoms with Gasteiger partial charge in [-0.2, -0.15) is 0 Å². The monoisotopic (exact) mass is 492 g/mol. The second kappa shape index (κ2) is 9.73. The van der Waals surface area contributed by atoms with E-state index in [4.69, 9.17) is 20.8 Å². The molecule has 1 amide bonds. The predicted octanol–water partition coefficient (Wildman–Crippen LogP) is 5.07. The van der Waals surface area contributed by atoms with Gasteiger partial charge in [0.1, 0.15) is 11.2 Å². The molecule has 1 aromatic heterocycles. The van der Waals surface area contributed by atoms with Crippen molar-refractivity contribution >= 4 is 45.7 Å². The maximum Gasteiger partial charge on any atom is 0.293 e. The molecule has 0 radical (unpaired) electrons. The van der Waals surface area contributed by atoms with Crippen molar-refractivity contribution < 1.29 is 18.9 Å². The van der Waals surface area contributed by atoms with Gasteiger partial charge in [-0.3, -0.25) is 14.9 Å². The lowest BCUT2D eigenvalue weighted by atomic mass is 10.1. The lowest BCUT2D eigenvalue weighted by molar-refractivity contribution is -0.384. The van der Waals surface area contributed by atoms with Gasteiger partial charge in [0.2, 0.25) is 0 Å². The highest BCUT2D eigenvalue weighted by Gasteiger charge is 2.23. The lowest BCUT2D eigenvalue weighted by Crippen LogP contribution is -2.36. The Kier molecular flexibility index (Phi) is 6.35. The van der Waals surface area contributed by atoms with E-state index in [9.17, 15) is 14.9 Å². The number of hydrogen-bond acceptors (Lipinski definition) is 7. The predicted molar refractivity (Wildman–Crippen MR) is 132 cm³/mol. The molecule has 2 heterocycles. The Morgan fingerprint density at radius 1 is 1.09 bits per heavy atom. The van der Waals surface area contributed by atoms with Crippen LogP contribution < -0.4 is 10.2 Å². The van der Waals surface area contributed by atoms with Crippen LogP contribution in [-0.4, -0.2) is 42.1 Å². The van der Waals surface area contributed by atoms with Gasteiger partial charge in [0.15, 0.2) is 11.5 Å². The molecule has 0 saturated carbocycles. The Labute approximate surface area is 205 Å². The molecule has 1 aliphatic heterocycles. The standard InChI is InChI=1S/C25H21ClN4O5/c26-18-4-8-23-20(15-18)28-24(35-23)13-16-1-5-19(6-2-16)27-25(31)17-3-7-21(22(14-17)30(32)33)29-9-11-34-12-10-29/h1-8,14-15H,9-13H2,(H,27,31). The normalized spacial score (nSPS) is 13.7. The number of fused-ring (bicyclic) bond motifs is 1. The highest BCUT2D eigenvalue weighted by molar-refractivity contribution is 6.31. The molecular weight excluding hydrogens is 472 g/mol. The Balaban J connectivity index is 1.27. The van der Waals surface area contributed by atoms with Crippen LogP contribution in [0.15, 0.2) is 65.1 Å². The minimum absolute atomic E-state index is 0.102. The first-order valence-electron chi connectivity index (χ1n) is 11.0. The van der Waals surface area contributed by atoms with Crippen LogP contribution in [0.2, 0.25) is 5.02 Å². The van der Waals surface area contributed by atoms with Crippen LogP contribution in [0.4, 0.5) is 17.1 Å². The van der Waals surface area contributed by atoms with Crippen LogP contribution in [0.1, 0.15) is 21.8 Å². The molecule has 0 aliphatic carbocycles. The Morgan fingerprint density at radius 2 is 1.86 bits per heavy atom. The summed E-state index contributed by atoms with van der Waals surface area (Å²) in [5.41, 5.74) is 3.49. The van der Waals surface area contributed by atoms with Crippen LogP contribution in [0.5, 0.6) is 0 Å². The summed E-state index contributed by atoms with van der Waals surface area (Å²) >= 11 is 6.00. The Hall–Kier alpha value is -3.95. The molecule has 1 N–H and O–H groups in total. The molecule has 1 aliphatic rings. The summed E-state index contributed by atoms with van der Waals surface area (Å²) in [6, 6.07) is 17.1. The molecule has 178 valence electrons. The van der Waals surface area contributed by atoms with Gasteiger partial charge in [0, 0.05) is 41.9 Å². The van der Waals surface area contributed by atoms with Crippen LogP contribution >= 0.6 is 11.6 Å². The molecule has 9 nitrogen and oxygen atoms in total. The summed E-state index contributed by atoms with van der Waals surface area (Å²) < 4.78 is 11.1. The van der Waals surface area contributed by atoms with Crippen LogP contribution in [0, 0.1) is 10.1 Å². The zero-order chi connectivity index (χ0) is 24.4. The molecule has 0 bridgehead atoms. The molecule has 0 unspecified atom stereocenters. The van der Waals surface area contributed by atoms with Crippen molar-refractivity contribution in [1.29, 1.82) is 0 Å². The zero-order valence-corrected chi connectivity index (χ0v) is 19.3. The number of oxazole rings is 1. The number of benzene rings is 3. The summed E-state index contributed by atoms with van der Waals surface area (Å²) in [6.07, 6.45) is 0.482. The number of nitro groups is 1. The van der Waals surface area contributed by atoms with E-state index in [1.165, 1.54) is 6.07 Å². The first kappa shape index (κ1) is 22.8. The summed E-state index contributed by atoms with van der Waals surface area (Å²) in [6.45, 7) is 2.15. The number of amides is 1. The third-order valence-electron chi connectivity index (χ3n) is 5.75. The fraction of sp³-hybridized carbons (Fsp3) is 0.200. The van der Waals surface area contributed by atoms with Gasteiger partial charge in [-0.15, -0.1) is 0 Å². The molecule has 0 spiro atoms. The molecule has 5 rings (SSSR count). The smallest absolute Gasteiger partial charge is 0.293 e. The van der Waals surface area contributed by atoms with Crippen molar-refractivity contribution in [2.75, 3.05) is 36.5 Å². The van der Waals surface area contributed by atoms with Crippen LogP contribution in [0.25, 0.3) is 11.1 Å². The van der Waals surface area contributed by atoms with Gasteiger partial charge < -0.3 is 19.4 Å². The molecule has 4 aromatic rings. The minimum Gasteiger partial charge on any atom is -0.440 e. The largest absolute Gasteiger partial charge is 0.440 e. The SMILES string of the molecule is O=C(Nc1ccc(Cc2nc3cc(Cl)ccc3o2)cc1)c1ccc(N2CCOCC2)c([N+](=O)[O-])c1. The molecule has 0 atom stereocenters. The summed E-state index contributed by atoms with van der Waals surface area (Å²) in [5.74, 6) is 0.136. The first-order valence-corrected chi connectivity index (χ1v) is 11.4. The molecule has 3 aromatic carbocycles. The number of ether oxygens (including phenoxy) is 1. The third-order valence-corrected chi connectivity index (χ3v) is 5.98. The average Bonchev–Trinajstić information content (AvgIpc) is 3.26. The molecule has 1 fully saturated rings. The van der Waals surface area contributed by atoms with Crippen molar-refractivity contribution in [3.8, 4) is 0 Å². The number of nitrogens with zero attached hydrogens (tertiary/aromatic N) is 3. The number of nitrogens with one attached hydrogen (secondary N) is 1. The van der Waals surface area contributed by atoms with Crippen molar-refractivity contribution in [3.05, 3.63) is 92.8 Å². The first-order chi connectivity index (χ1) is 17.0. The number of morpholine rings is 1. The quantitative estimate of drug-likeness (QED) is 0.295. The van der Waals surface area contributed by atoms with Gasteiger partial charge in [-0.25, -0.2) is 4.98 Å². The van der Waals surface area contributed by atoms with Gasteiger partial charge in [-0.05, 0) is 48.0 Å². The van der Waals surface area contributed by atoms with E-state index in [0.717, 1.165) is 5.56 Å². The average molecular weight is 493 g/mol. The highest BCUT2D eigenvalue weighted by Crippen LogP contribution is 2.30. The van der Waals surface area contributed by atoms with Crippen molar-refractivity contribution in [2.24, 2.45) is 0 Å². The fourth-order valence-corrected chi connectivity index (χ4v) is 4.16. The number of aromatic nitrogens is 1. The van der Waals surface area contributed by atoms with E-state index in [1.807, 2.05) is 17.0 Å². The number of halogens is 1. The highest BCUT2D eigenvalue weighted by atomic mass is 35.5. The van der Waals surface area contributed by atoms with E-state index in [0.29, 0.717) is 66.1 Å². The zero-order valence-electron chi connectivity index (χ0n) is 18.6. The summed E-state index contributed by atoms with van der Waals surface area (Å²) in [7, 11) is 0. The molecule has 35 heavy (non-hydrogen) atoms. The fourth-order valence-electron chi connectivity index (χ4n) is 3.99. The second-order valence-electron chi connectivity index (χ2n) is 8.11. The number of carbonyl (C=O) groups excluding carboxylic acids is 1. The number of anilines is 2. The van der Waals surface area contributed by atoms with E-state index in [2.05, 4.69) is 10.3 Å². The van der Waals surface area contributed by atoms with Crippen molar-refractivity contribution in [1.82, 2.24) is 4.98 Å².